The summed E-state index contributed by atoms with van der Waals surface area (Å²) < 4.78 is 25.8. The molecule has 0 aliphatic carbocycles. The van der Waals surface area contributed by atoms with Gasteiger partial charge in [-0.15, -0.1) is 11.8 Å². The molecular formula is C20H28N4O2S2. The maximum absolute atomic E-state index is 11.7. The lowest BCUT2D eigenvalue weighted by molar-refractivity contribution is 0.587. The van der Waals surface area contributed by atoms with Gasteiger partial charge in [0.1, 0.15) is 0 Å². The van der Waals surface area contributed by atoms with Crippen LogP contribution < -0.4 is 15.4 Å². The van der Waals surface area contributed by atoms with E-state index in [9.17, 15) is 8.42 Å². The van der Waals surface area contributed by atoms with Crippen molar-refractivity contribution < 1.29 is 8.42 Å². The van der Waals surface area contributed by atoms with Crippen molar-refractivity contribution in [2.24, 2.45) is 4.99 Å². The van der Waals surface area contributed by atoms with Gasteiger partial charge < -0.3 is 10.6 Å². The molecule has 2 aromatic carbocycles. The Hall–Kier alpha value is -2.03. The predicted octanol–water partition coefficient (Wildman–Crippen LogP) is 2.58. The maximum atomic E-state index is 11.7. The van der Waals surface area contributed by atoms with Crippen LogP contribution in [0.5, 0.6) is 0 Å². The highest BCUT2D eigenvalue weighted by Crippen LogP contribution is 2.21. The highest BCUT2D eigenvalue weighted by Gasteiger charge is 2.09. The summed E-state index contributed by atoms with van der Waals surface area (Å²) in [4.78, 5) is 5.50. The molecule has 6 nitrogen and oxygen atoms in total. The van der Waals surface area contributed by atoms with Crippen LogP contribution in [0.2, 0.25) is 0 Å². The average molecular weight is 421 g/mol. The van der Waals surface area contributed by atoms with Gasteiger partial charge in [0.15, 0.2) is 5.96 Å². The Morgan fingerprint density at radius 3 is 2.46 bits per heavy atom. The van der Waals surface area contributed by atoms with Crippen LogP contribution in [-0.2, 0) is 22.3 Å². The minimum atomic E-state index is -3.28. The number of nitrogens with one attached hydrogen (secondary N) is 3. The molecule has 0 saturated heterocycles. The summed E-state index contributed by atoms with van der Waals surface area (Å²) in [5, 5.41) is 6.99. The summed E-state index contributed by atoms with van der Waals surface area (Å²) in [6, 6.07) is 17.8. The lowest BCUT2D eigenvalue weighted by atomic mass is 10.1. The minimum absolute atomic E-state index is 0.0292. The average Bonchev–Trinajstić information content (AvgIpc) is 2.69. The van der Waals surface area contributed by atoms with Crippen molar-refractivity contribution in [2.75, 3.05) is 20.6 Å². The molecule has 0 bridgehead atoms. The molecule has 2 aromatic rings. The topological polar surface area (TPSA) is 82.6 Å². The Balaban J connectivity index is 1.83. The van der Waals surface area contributed by atoms with Crippen molar-refractivity contribution >= 4 is 27.7 Å². The first-order chi connectivity index (χ1) is 13.4. The molecule has 3 N–H and O–H groups in total. The molecule has 152 valence electrons. The summed E-state index contributed by atoms with van der Waals surface area (Å²) in [6.45, 7) is 3.51. The van der Waals surface area contributed by atoms with E-state index in [1.54, 1.807) is 7.05 Å². The molecule has 28 heavy (non-hydrogen) atoms. The normalized spacial score (nSPS) is 13.2. The number of thioether (sulfide) groups is 1. The second-order valence-corrected chi connectivity index (χ2v) is 9.77. The lowest BCUT2D eigenvalue weighted by Gasteiger charge is -2.16. The molecule has 0 amide bonds. The van der Waals surface area contributed by atoms with Crippen molar-refractivity contribution in [3.05, 3.63) is 65.7 Å². The number of hydrogen-bond acceptors (Lipinski definition) is 4. The molecule has 0 fully saturated rings. The molecule has 0 aliphatic rings. The van der Waals surface area contributed by atoms with Crippen molar-refractivity contribution in [3.8, 4) is 0 Å². The van der Waals surface area contributed by atoms with Crippen molar-refractivity contribution in [1.29, 1.82) is 0 Å². The molecule has 0 aliphatic heterocycles. The van der Waals surface area contributed by atoms with Gasteiger partial charge in [0, 0.05) is 30.3 Å². The summed E-state index contributed by atoms with van der Waals surface area (Å²) in [6.07, 6.45) is 0. The van der Waals surface area contributed by atoms with Gasteiger partial charge in [0.05, 0.1) is 5.75 Å². The van der Waals surface area contributed by atoms with Crippen LogP contribution in [0.4, 0.5) is 0 Å². The van der Waals surface area contributed by atoms with Crippen molar-refractivity contribution in [2.45, 2.75) is 29.4 Å². The van der Waals surface area contributed by atoms with Crippen LogP contribution in [0.25, 0.3) is 0 Å². The first kappa shape index (κ1) is 22.3. The van der Waals surface area contributed by atoms with Gasteiger partial charge in [-0.3, -0.25) is 4.99 Å². The number of benzene rings is 2. The fourth-order valence-electron chi connectivity index (χ4n) is 2.54. The smallest absolute Gasteiger partial charge is 0.215 e. The molecular weight excluding hydrogens is 392 g/mol. The zero-order valence-corrected chi connectivity index (χ0v) is 18.1. The molecule has 0 aromatic heterocycles. The van der Waals surface area contributed by atoms with Gasteiger partial charge in [-0.2, -0.15) is 0 Å². The van der Waals surface area contributed by atoms with E-state index in [1.165, 1.54) is 11.9 Å². The second-order valence-electron chi connectivity index (χ2n) is 6.33. The lowest BCUT2D eigenvalue weighted by Crippen LogP contribution is -2.39. The highest BCUT2D eigenvalue weighted by molar-refractivity contribution is 8.00. The number of aliphatic imine (C=N–C) groups is 1. The zero-order chi connectivity index (χ0) is 20.4. The van der Waals surface area contributed by atoms with Crippen LogP contribution in [0.15, 0.2) is 64.5 Å². The van der Waals surface area contributed by atoms with Crippen molar-refractivity contribution in [1.82, 2.24) is 15.4 Å². The molecule has 1 atom stereocenters. The predicted molar refractivity (Wildman–Crippen MR) is 118 cm³/mol. The quantitative estimate of drug-likeness (QED) is 0.330. The molecule has 1 unspecified atom stereocenters. The van der Waals surface area contributed by atoms with E-state index < -0.39 is 10.0 Å². The van der Waals surface area contributed by atoms with Crippen molar-refractivity contribution in [3.63, 3.8) is 0 Å². The number of nitrogens with zero attached hydrogens (tertiary/aromatic N) is 1. The van der Waals surface area contributed by atoms with E-state index in [1.807, 2.05) is 54.2 Å². The van der Waals surface area contributed by atoms with E-state index in [2.05, 4.69) is 39.4 Å². The van der Waals surface area contributed by atoms with Gasteiger partial charge in [-0.1, -0.05) is 49.4 Å². The van der Waals surface area contributed by atoms with Gasteiger partial charge in [-0.05, 0) is 30.3 Å². The van der Waals surface area contributed by atoms with Gasteiger partial charge in [0.2, 0.25) is 10.0 Å². The Morgan fingerprint density at radius 1 is 1.07 bits per heavy atom. The second kappa shape index (κ2) is 11.1. The largest absolute Gasteiger partial charge is 0.355 e. The summed E-state index contributed by atoms with van der Waals surface area (Å²) in [5.41, 5.74) is 1.75. The van der Waals surface area contributed by atoms with E-state index in [4.69, 9.17) is 0 Å². The van der Waals surface area contributed by atoms with Crippen LogP contribution in [-0.4, -0.2) is 40.3 Å². The Kier molecular flexibility index (Phi) is 8.82. The van der Waals surface area contributed by atoms with Gasteiger partial charge >= 0.3 is 0 Å². The first-order valence-corrected chi connectivity index (χ1v) is 11.6. The molecule has 2 rings (SSSR count). The summed E-state index contributed by atoms with van der Waals surface area (Å²) >= 11 is 1.81. The van der Waals surface area contributed by atoms with Crippen LogP contribution in [0.1, 0.15) is 18.1 Å². The molecule has 8 heteroatoms. The Labute approximate surface area is 172 Å². The highest BCUT2D eigenvalue weighted by atomic mass is 32.2. The standard InChI is InChI=1S/C20H28N4O2S2/c1-16(27-19-10-5-4-6-11-19)13-23-20(21-2)24-14-17-8-7-9-18(12-17)15-28(25,26)22-3/h4-12,16,22H,13-15H2,1-3H3,(H2,21,23,24). The van der Waals surface area contributed by atoms with E-state index in [0.29, 0.717) is 17.8 Å². The fourth-order valence-corrected chi connectivity index (χ4v) is 4.25. The minimum Gasteiger partial charge on any atom is -0.355 e. The first-order valence-electron chi connectivity index (χ1n) is 9.07. The monoisotopic (exact) mass is 420 g/mol. The number of rotatable bonds is 9. The van der Waals surface area contributed by atoms with Gasteiger partial charge in [-0.25, -0.2) is 13.1 Å². The van der Waals surface area contributed by atoms with E-state index in [0.717, 1.165) is 17.7 Å². The molecule has 0 heterocycles. The number of hydrogen-bond donors (Lipinski definition) is 3. The van der Waals surface area contributed by atoms with Crippen LogP contribution >= 0.6 is 11.8 Å². The maximum Gasteiger partial charge on any atom is 0.215 e. The summed E-state index contributed by atoms with van der Waals surface area (Å²) in [5.74, 6) is 0.687. The van der Waals surface area contributed by atoms with Gasteiger partial charge in [0.25, 0.3) is 0 Å². The third-order valence-corrected chi connectivity index (χ3v) is 6.43. The Bertz CT molecular complexity index is 871. The third-order valence-electron chi connectivity index (χ3n) is 3.98. The summed E-state index contributed by atoms with van der Waals surface area (Å²) in [7, 11) is -0.118. The van der Waals surface area contributed by atoms with Crippen LogP contribution in [0, 0.1) is 0 Å². The fraction of sp³-hybridized carbons (Fsp3) is 0.350. The SMILES string of the molecule is CN=C(NCc1cccc(CS(=O)(=O)NC)c1)NCC(C)Sc1ccccc1. The third kappa shape index (κ3) is 7.92. The van der Waals surface area contributed by atoms with E-state index >= 15 is 0 Å². The van der Waals surface area contributed by atoms with Crippen LogP contribution in [0.3, 0.4) is 0 Å². The van der Waals surface area contributed by atoms with E-state index in [-0.39, 0.29) is 5.75 Å². The Morgan fingerprint density at radius 2 is 1.79 bits per heavy atom. The zero-order valence-electron chi connectivity index (χ0n) is 16.5. The molecule has 0 radical (unpaired) electrons. The molecule has 0 saturated carbocycles. The number of sulfonamides is 1. The molecule has 0 spiro atoms. The number of guanidine groups is 1.